The van der Waals surface area contributed by atoms with E-state index in [4.69, 9.17) is 0 Å². The Balaban J connectivity index is 2.46. The molecule has 156 valence electrons. The van der Waals surface area contributed by atoms with Gasteiger partial charge in [-0.25, -0.2) is 8.42 Å². The van der Waals surface area contributed by atoms with Crippen LogP contribution in [0.4, 0.5) is 0 Å². The van der Waals surface area contributed by atoms with Gasteiger partial charge < -0.3 is 10.2 Å². The SMILES string of the molecule is CCNC(=O)[C@@H](c1ccccc1)N(Cc1ccccc1)C(=O)CN(C)S(C)(=O)=O. The van der Waals surface area contributed by atoms with Gasteiger partial charge in [0.2, 0.25) is 21.8 Å². The molecule has 0 radical (unpaired) electrons. The number of benzene rings is 2. The maximum absolute atomic E-state index is 13.2. The minimum atomic E-state index is -3.54. The highest BCUT2D eigenvalue weighted by atomic mass is 32.2. The second-order valence-electron chi connectivity index (χ2n) is 6.73. The molecule has 0 spiro atoms. The predicted molar refractivity (Wildman–Crippen MR) is 112 cm³/mol. The number of rotatable bonds is 9. The number of amides is 2. The molecule has 1 N–H and O–H groups in total. The molecular formula is C21H27N3O4S. The lowest BCUT2D eigenvalue weighted by Crippen LogP contribution is -2.47. The van der Waals surface area contributed by atoms with Crippen LogP contribution < -0.4 is 5.32 Å². The molecule has 0 bridgehead atoms. The second-order valence-corrected chi connectivity index (χ2v) is 8.82. The summed E-state index contributed by atoms with van der Waals surface area (Å²) in [5.41, 5.74) is 1.50. The van der Waals surface area contributed by atoms with E-state index in [0.717, 1.165) is 16.1 Å². The molecule has 0 saturated heterocycles. The molecule has 0 aliphatic rings. The van der Waals surface area contributed by atoms with Gasteiger partial charge in [0, 0.05) is 20.1 Å². The fourth-order valence-corrected chi connectivity index (χ4v) is 3.23. The summed E-state index contributed by atoms with van der Waals surface area (Å²) in [5.74, 6) is -0.771. The van der Waals surface area contributed by atoms with Crippen LogP contribution in [-0.4, -0.2) is 55.8 Å². The summed E-state index contributed by atoms with van der Waals surface area (Å²) in [7, 11) is -2.19. The molecule has 8 heteroatoms. The Bertz CT molecular complexity index is 917. The Morgan fingerprint density at radius 2 is 1.55 bits per heavy atom. The van der Waals surface area contributed by atoms with Crippen LogP contribution in [0.5, 0.6) is 0 Å². The maximum atomic E-state index is 13.2. The zero-order chi connectivity index (χ0) is 21.4. The van der Waals surface area contributed by atoms with Crippen LogP contribution >= 0.6 is 0 Å². The molecule has 0 unspecified atom stereocenters. The Hall–Kier alpha value is -2.71. The van der Waals surface area contributed by atoms with Crippen molar-refractivity contribution in [1.29, 1.82) is 0 Å². The van der Waals surface area contributed by atoms with Crippen LogP contribution in [-0.2, 0) is 26.2 Å². The van der Waals surface area contributed by atoms with Crippen molar-refractivity contribution >= 4 is 21.8 Å². The summed E-state index contributed by atoms with van der Waals surface area (Å²) in [6.45, 7) is 2.04. The molecule has 2 amide bonds. The van der Waals surface area contributed by atoms with Gasteiger partial charge in [-0.05, 0) is 18.1 Å². The van der Waals surface area contributed by atoms with Crippen molar-refractivity contribution in [3.8, 4) is 0 Å². The predicted octanol–water partition coefficient (Wildman–Crippen LogP) is 1.78. The average molecular weight is 418 g/mol. The summed E-state index contributed by atoms with van der Waals surface area (Å²) in [4.78, 5) is 27.5. The summed E-state index contributed by atoms with van der Waals surface area (Å²) in [6.07, 6.45) is 1.04. The van der Waals surface area contributed by atoms with Crippen LogP contribution in [0.1, 0.15) is 24.1 Å². The normalized spacial score (nSPS) is 12.4. The first kappa shape index (κ1) is 22.6. The van der Waals surface area contributed by atoms with Crippen LogP contribution in [0, 0.1) is 0 Å². The minimum absolute atomic E-state index is 0.175. The van der Waals surface area contributed by atoms with Crippen LogP contribution in [0.2, 0.25) is 0 Å². The van der Waals surface area contributed by atoms with Gasteiger partial charge >= 0.3 is 0 Å². The van der Waals surface area contributed by atoms with Gasteiger partial charge in [-0.2, -0.15) is 4.31 Å². The van der Waals surface area contributed by atoms with E-state index in [2.05, 4.69) is 5.32 Å². The monoisotopic (exact) mass is 417 g/mol. The third-order valence-corrected chi connectivity index (χ3v) is 5.73. The first-order valence-corrected chi connectivity index (χ1v) is 11.2. The van der Waals surface area contributed by atoms with Gasteiger partial charge in [-0.3, -0.25) is 9.59 Å². The second kappa shape index (κ2) is 10.2. The van der Waals surface area contributed by atoms with Crippen LogP contribution in [0.25, 0.3) is 0 Å². The molecule has 0 fully saturated rings. The average Bonchev–Trinajstić information content (AvgIpc) is 2.68. The lowest BCUT2D eigenvalue weighted by atomic mass is 10.0. The number of carbonyl (C=O) groups is 2. The van der Waals surface area contributed by atoms with Gasteiger partial charge in [-0.15, -0.1) is 0 Å². The largest absolute Gasteiger partial charge is 0.354 e. The van der Waals surface area contributed by atoms with E-state index in [0.29, 0.717) is 12.1 Å². The molecule has 0 saturated carbocycles. The van der Waals surface area contributed by atoms with E-state index in [9.17, 15) is 18.0 Å². The smallest absolute Gasteiger partial charge is 0.247 e. The molecule has 0 aliphatic heterocycles. The number of carbonyl (C=O) groups excluding carboxylic acids is 2. The number of sulfonamides is 1. The van der Waals surface area contributed by atoms with E-state index in [1.54, 1.807) is 31.2 Å². The Labute approximate surface area is 172 Å². The molecule has 7 nitrogen and oxygen atoms in total. The Morgan fingerprint density at radius 3 is 2.07 bits per heavy atom. The van der Waals surface area contributed by atoms with Crippen molar-refractivity contribution in [2.45, 2.75) is 19.5 Å². The summed E-state index contributed by atoms with van der Waals surface area (Å²) < 4.78 is 24.6. The number of nitrogens with one attached hydrogen (secondary N) is 1. The quantitative estimate of drug-likeness (QED) is 0.674. The van der Waals surface area contributed by atoms with E-state index < -0.39 is 22.0 Å². The topological polar surface area (TPSA) is 86.8 Å². The first-order chi connectivity index (χ1) is 13.7. The number of likely N-dealkylation sites (N-methyl/N-ethyl adjacent to an activating group) is 2. The standard InChI is InChI=1S/C21H27N3O4S/c1-4-22-21(26)20(18-13-9-6-10-14-18)24(15-17-11-7-5-8-12-17)19(25)16-23(2)29(3,27)28/h5-14,20H,4,15-16H2,1-3H3,(H,22,26)/t20-/m1/s1. The minimum Gasteiger partial charge on any atom is -0.354 e. The van der Waals surface area contributed by atoms with Crippen molar-refractivity contribution < 1.29 is 18.0 Å². The molecule has 29 heavy (non-hydrogen) atoms. The fraction of sp³-hybridized carbons (Fsp3) is 0.333. The third kappa shape index (κ3) is 6.40. The maximum Gasteiger partial charge on any atom is 0.247 e. The molecular weight excluding hydrogens is 390 g/mol. The van der Waals surface area contributed by atoms with Crippen molar-refractivity contribution in [2.24, 2.45) is 0 Å². The lowest BCUT2D eigenvalue weighted by Gasteiger charge is -2.32. The molecule has 0 aliphatic carbocycles. The Morgan fingerprint density at radius 1 is 1.00 bits per heavy atom. The molecule has 0 aromatic heterocycles. The molecule has 2 aromatic carbocycles. The summed E-state index contributed by atoms with van der Waals surface area (Å²) >= 11 is 0. The highest BCUT2D eigenvalue weighted by Crippen LogP contribution is 2.24. The molecule has 2 rings (SSSR count). The van der Waals surface area contributed by atoms with Gasteiger partial charge in [0.15, 0.2) is 0 Å². The highest BCUT2D eigenvalue weighted by Gasteiger charge is 2.32. The van der Waals surface area contributed by atoms with Crippen molar-refractivity contribution in [3.05, 3.63) is 71.8 Å². The number of hydrogen-bond acceptors (Lipinski definition) is 4. The third-order valence-electron chi connectivity index (χ3n) is 4.47. The van der Waals surface area contributed by atoms with Crippen molar-refractivity contribution in [1.82, 2.24) is 14.5 Å². The van der Waals surface area contributed by atoms with Crippen LogP contribution in [0.15, 0.2) is 60.7 Å². The van der Waals surface area contributed by atoms with Crippen molar-refractivity contribution in [3.63, 3.8) is 0 Å². The molecule has 2 aromatic rings. The van der Waals surface area contributed by atoms with E-state index in [-0.39, 0.29) is 19.0 Å². The van der Waals surface area contributed by atoms with Gasteiger partial charge in [0.1, 0.15) is 6.04 Å². The zero-order valence-electron chi connectivity index (χ0n) is 16.9. The van der Waals surface area contributed by atoms with Gasteiger partial charge in [-0.1, -0.05) is 60.7 Å². The first-order valence-electron chi connectivity index (χ1n) is 9.31. The van der Waals surface area contributed by atoms with Gasteiger partial charge in [0.25, 0.3) is 0 Å². The van der Waals surface area contributed by atoms with Crippen LogP contribution in [0.3, 0.4) is 0 Å². The summed E-state index contributed by atoms with van der Waals surface area (Å²) in [5, 5.41) is 2.78. The summed E-state index contributed by atoms with van der Waals surface area (Å²) in [6, 6.07) is 17.4. The van der Waals surface area contributed by atoms with E-state index >= 15 is 0 Å². The Kier molecular flexibility index (Phi) is 7.92. The van der Waals surface area contributed by atoms with Crippen molar-refractivity contribution in [2.75, 3.05) is 26.4 Å². The van der Waals surface area contributed by atoms with Gasteiger partial charge in [0.05, 0.1) is 12.8 Å². The number of nitrogens with zero attached hydrogens (tertiary/aromatic N) is 2. The van der Waals surface area contributed by atoms with E-state index in [1.807, 2.05) is 36.4 Å². The number of hydrogen-bond donors (Lipinski definition) is 1. The highest BCUT2D eigenvalue weighted by molar-refractivity contribution is 7.88. The molecule has 0 heterocycles. The van der Waals surface area contributed by atoms with E-state index in [1.165, 1.54) is 11.9 Å². The lowest BCUT2D eigenvalue weighted by molar-refractivity contribution is -0.141. The fourth-order valence-electron chi connectivity index (χ4n) is 2.88. The molecule has 1 atom stereocenters. The zero-order valence-corrected chi connectivity index (χ0v) is 17.7.